The topological polar surface area (TPSA) is 38.8 Å². The first-order valence-electron chi connectivity index (χ1n) is 4.95. The molecule has 3 heteroatoms. The van der Waals surface area contributed by atoms with Gasteiger partial charge in [0, 0.05) is 6.42 Å². The number of epoxide rings is 1. The van der Waals surface area contributed by atoms with Crippen LogP contribution in [0.25, 0.3) is 0 Å². The van der Waals surface area contributed by atoms with Gasteiger partial charge in [-0.25, -0.2) is 0 Å². The van der Waals surface area contributed by atoms with Gasteiger partial charge in [-0.1, -0.05) is 0 Å². The van der Waals surface area contributed by atoms with Gasteiger partial charge in [0.1, 0.15) is 0 Å². The van der Waals surface area contributed by atoms with Gasteiger partial charge in [-0.15, -0.1) is 0 Å². The van der Waals surface area contributed by atoms with Gasteiger partial charge in [0.05, 0.1) is 19.3 Å². The molecule has 74 valence electrons. The smallest absolute Gasteiger partial charge is 0.305 e. The molecule has 0 radical (unpaired) electrons. The van der Waals surface area contributed by atoms with Crippen molar-refractivity contribution in [2.24, 2.45) is 5.92 Å². The van der Waals surface area contributed by atoms with Crippen LogP contribution in [0.4, 0.5) is 0 Å². The Morgan fingerprint density at radius 1 is 1.54 bits per heavy atom. The van der Waals surface area contributed by atoms with Crippen molar-refractivity contribution in [2.75, 3.05) is 13.7 Å². The summed E-state index contributed by atoms with van der Waals surface area (Å²) < 4.78 is 10.1. The molecule has 0 unspecified atom stereocenters. The number of carbonyl (C=O) groups is 1. The van der Waals surface area contributed by atoms with Crippen molar-refractivity contribution in [1.29, 1.82) is 0 Å². The van der Waals surface area contributed by atoms with E-state index in [-0.39, 0.29) is 11.6 Å². The Hall–Kier alpha value is -0.570. The molecule has 0 amide bonds. The van der Waals surface area contributed by atoms with Crippen molar-refractivity contribution < 1.29 is 14.3 Å². The molecule has 13 heavy (non-hydrogen) atoms. The van der Waals surface area contributed by atoms with Gasteiger partial charge in [-0.3, -0.25) is 4.79 Å². The highest BCUT2D eigenvalue weighted by Gasteiger charge is 2.46. The third-order valence-corrected chi connectivity index (χ3v) is 3.25. The van der Waals surface area contributed by atoms with E-state index >= 15 is 0 Å². The summed E-state index contributed by atoms with van der Waals surface area (Å²) in [5, 5.41) is 0. The van der Waals surface area contributed by atoms with E-state index in [0.717, 1.165) is 32.3 Å². The predicted octanol–water partition coefficient (Wildman–Crippen LogP) is 1.51. The molecule has 0 aromatic heterocycles. The van der Waals surface area contributed by atoms with Gasteiger partial charge in [0.25, 0.3) is 0 Å². The maximum atomic E-state index is 11.0. The minimum Gasteiger partial charge on any atom is -0.469 e. The second kappa shape index (κ2) is 3.29. The van der Waals surface area contributed by atoms with E-state index < -0.39 is 0 Å². The molecule has 1 aliphatic carbocycles. The fourth-order valence-corrected chi connectivity index (χ4v) is 2.12. The Morgan fingerprint density at radius 3 is 2.62 bits per heavy atom. The first-order chi connectivity index (χ1) is 6.24. The molecule has 3 nitrogen and oxygen atoms in total. The van der Waals surface area contributed by atoms with Crippen LogP contribution in [0.15, 0.2) is 0 Å². The van der Waals surface area contributed by atoms with Gasteiger partial charge in [0.2, 0.25) is 0 Å². The Kier molecular flexibility index (Phi) is 2.28. The average molecular weight is 184 g/mol. The van der Waals surface area contributed by atoms with Crippen molar-refractivity contribution in [3.8, 4) is 0 Å². The van der Waals surface area contributed by atoms with Crippen LogP contribution in [0.5, 0.6) is 0 Å². The molecular weight excluding hydrogens is 168 g/mol. The van der Waals surface area contributed by atoms with Crippen LogP contribution >= 0.6 is 0 Å². The molecule has 1 saturated carbocycles. The molecule has 0 bridgehead atoms. The summed E-state index contributed by atoms with van der Waals surface area (Å²) >= 11 is 0. The quantitative estimate of drug-likeness (QED) is 0.482. The lowest BCUT2D eigenvalue weighted by atomic mass is 9.81. The first kappa shape index (κ1) is 9.00. The zero-order chi connectivity index (χ0) is 9.31. The highest BCUT2D eigenvalue weighted by atomic mass is 16.6. The van der Waals surface area contributed by atoms with Gasteiger partial charge in [-0.2, -0.15) is 0 Å². The highest BCUT2D eigenvalue weighted by molar-refractivity contribution is 5.69. The molecule has 1 spiro atoms. The van der Waals surface area contributed by atoms with Gasteiger partial charge in [0.15, 0.2) is 0 Å². The largest absolute Gasteiger partial charge is 0.469 e. The maximum Gasteiger partial charge on any atom is 0.305 e. The second-order valence-corrected chi connectivity index (χ2v) is 4.20. The van der Waals surface area contributed by atoms with E-state index in [2.05, 4.69) is 4.74 Å². The standard InChI is InChI=1S/C10H16O3/c1-12-9(11)6-8-2-4-10(5-3-8)7-13-10/h8H,2-7H2,1H3. The van der Waals surface area contributed by atoms with Crippen LogP contribution in [0, 0.1) is 5.92 Å². The molecule has 1 saturated heterocycles. The Balaban J connectivity index is 1.74. The Bertz CT molecular complexity index is 198. The van der Waals surface area contributed by atoms with Crippen molar-refractivity contribution in [1.82, 2.24) is 0 Å². The first-order valence-corrected chi connectivity index (χ1v) is 4.95. The zero-order valence-corrected chi connectivity index (χ0v) is 8.04. The maximum absolute atomic E-state index is 11.0. The number of ether oxygens (including phenoxy) is 2. The molecular formula is C10H16O3. The second-order valence-electron chi connectivity index (χ2n) is 4.20. The Labute approximate surface area is 78.4 Å². The van der Waals surface area contributed by atoms with Crippen LogP contribution in [0.3, 0.4) is 0 Å². The minimum atomic E-state index is -0.0716. The highest BCUT2D eigenvalue weighted by Crippen LogP contribution is 2.44. The van der Waals surface area contributed by atoms with Gasteiger partial charge in [-0.05, 0) is 31.6 Å². The lowest BCUT2D eigenvalue weighted by Gasteiger charge is -2.25. The third-order valence-electron chi connectivity index (χ3n) is 3.25. The van der Waals surface area contributed by atoms with E-state index in [4.69, 9.17) is 4.74 Å². The monoisotopic (exact) mass is 184 g/mol. The molecule has 0 N–H and O–H groups in total. The van der Waals surface area contributed by atoms with Crippen LogP contribution < -0.4 is 0 Å². The Morgan fingerprint density at radius 2 is 2.15 bits per heavy atom. The fraction of sp³-hybridized carbons (Fsp3) is 0.900. The lowest BCUT2D eigenvalue weighted by Crippen LogP contribution is -2.23. The minimum absolute atomic E-state index is 0.0716. The molecule has 0 atom stereocenters. The number of carbonyl (C=O) groups excluding carboxylic acids is 1. The summed E-state index contributed by atoms with van der Waals surface area (Å²) in [4.78, 5) is 11.0. The molecule has 2 aliphatic rings. The van der Waals surface area contributed by atoms with Crippen LogP contribution in [0.1, 0.15) is 32.1 Å². The number of rotatable bonds is 2. The van der Waals surface area contributed by atoms with Crippen molar-refractivity contribution in [3.63, 3.8) is 0 Å². The summed E-state index contributed by atoms with van der Waals surface area (Å²) in [6.07, 6.45) is 5.10. The molecule has 2 fully saturated rings. The van der Waals surface area contributed by atoms with Crippen molar-refractivity contribution >= 4 is 5.97 Å². The number of methoxy groups -OCH3 is 1. The van der Waals surface area contributed by atoms with E-state index in [1.165, 1.54) is 7.11 Å². The van der Waals surface area contributed by atoms with E-state index in [1.54, 1.807) is 0 Å². The molecule has 1 aliphatic heterocycles. The summed E-state index contributed by atoms with van der Waals surface area (Å²) in [7, 11) is 1.46. The summed E-state index contributed by atoms with van der Waals surface area (Å²) in [5.41, 5.74) is 0.243. The van der Waals surface area contributed by atoms with E-state index in [9.17, 15) is 4.79 Å². The number of hydrogen-bond acceptors (Lipinski definition) is 3. The van der Waals surface area contributed by atoms with Crippen LogP contribution in [0.2, 0.25) is 0 Å². The average Bonchev–Trinajstić information content (AvgIpc) is 2.90. The SMILES string of the molecule is COC(=O)CC1CCC2(CC1)CO2. The number of esters is 1. The third kappa shape index (κ3) is 2.02. The molecule has 2 rings (SSSR count). The molecule has 0 aromatic carbocycles. The normalized spacial score (nSPS) is 37.5. The fourth-order valence-electron chi connectivity index (χ4n) is 2.12. The summed E-state index contributed by atoms with van der Waals surface area (Å²) in [6, 6.07) is 0. The van der Waals surface area contributed by atoms with Crippen molar-refractivity contribution in [3.05, 3.63) is 0 Å². The predicted molar refractivity (Wildman–Crippen MR) is 47.3 cm³/mol. The van der Waals surface area contributed by atoms with E-state index in [0.29, 0.717) is 12.3 Å². The molecule has 0 aromatic rings. The van der Waals surface area contributed by atoms with Gasteiger partial charge >= 0.3 is 5.97 Å². The summed E-state index contributed by atoms with van der Waals surface area (Å²) in [5.74, 6) is 0.458. The number of hydrogen-bond donors (Lipinski definition) is 0. The zero-order valence-electron chi connectivity index (χ0n) is 8.04. The van der Waals surface area contributed by atoms with Gasteiger partial charge < -0.3 is 9.47 Å². The lowest BCUT2D eigenvalue weighted by molar-refractivity contribution is -0.142. The molecule has 1 heterocycles. The van der Waals surface area contributed by atoms with Crippen molar-refractivity contribution in [2.45, 2.75) is 37.7 Å². The summed E-state index contributed by atoms with van der Waals surface area (Å²) in [6.45, 7) is 0.942. The van der Waals surface area contributed by atoms with Crippen LogP contribution in [-0.2, 0) is 14.3 Å². The van der Waals surface area contributed by atoms with Crippen LogP contribution in [-0.4, -0.2) is 25.3 Å². The van der Waals surface area contributed by atoms with E-state index in [1.807, 2.05) is 0 Å².